The number of fused-ring (bicyclic) bond motifs is 1. The third kappa shape index (κ3) is 3.01. The predicted octanol–water partition coefficient (Wildman–Crippen LogP) is 4.02. The average Bonchev–Trinajstić information content (AvgIpc) is 2.55. The van der Waals surface area contributed by atoms with E-state index in [1.54, 1.807) is 12.1 Å². The summed E-state index contributed by atoms with van der Waals surface area (Å²) in [5, 5.41) is 11.0. The minimum atomic E-state index is -1.08. The van der Waals surface area contributed by atoms with Gasteiger partial charge in [-0.3, -0.25) is 4.21 Å². The van der Waals surface area contributed by atoms with E-state index >= 15 is 0 Å². The molecule has 0 aliphatic rings. The highest BCUT2D eigenvalue weighted by molar-refractivity contribution is 7.84. The molecule has 0 N–H and O–H groups in total. The molecule has 102 valence electrons. The lowest BCUT2D eigenvalue weighted by Crippen LogP contribution is -1.96. The van der Waals surface area contributed by atoms with Gasteiger partial charge in [0.2, 0.25) is 0 Å². The topological polar surface area (TPSA) is 40.9 Å². The summed E-state index contributed by atoms with van der Waals surface area (Å²) in [6.07, 6.45) is 0. The van der Waals surface area contributed by atoms with Crippen molar-refractivity contribution in [2.45, 2.75) is 10.6 Å². The third-order valence-electron chi connectivity index (χ3n) is 3.36. The van der Waals surface area contributed by atoms with Crippen LogP contribution in [0.5, 0.6) is 0 Å². The predicted molar refractivity (Wildman–Crippen MR) is 85.2 cm³/mol. The lowest BCUT2D eigenvalue weighted by Gasteiger charge is -2.05. The van der Waals surface area contributed by atoms with Crippen molar-refractivity contribution < 1.29 is 4.21 Å². The summed E-state index contributed by atoms with van der Waals surface area (Å²) in [4.78, 5) is 0.832. The van der Waals surface area contributed by atoms with Gasteiger partial charge >= 0.3 is 0 Å². The molecule has 0 amide bonds. The van der Waals surface area contributed by atoms with Crippen LogP contribution in [0.2, 0.25) is 0 Å². The summed E-state index contributed by atoms with van der Waals surface area (Å²) in [5.41, 5.74) is 1.59. The summed E-state index contributed by atoms with van der Waals surface area (Å²) < 4.78 is 12.5. The van der Waals surface area contributed by atoms with E-state index in [1.165, 1.54) is 0 Å². The summed E-state index contributed by atoms with van der Waals surface area (Å²) in [7, 11) is -1.08. The van der Waals surface area contributed by atoms with Crippen molar-refractivity contribution in [2.24, 2.45) is 0 Å². The molecule has 0 bridgehead atoms. The van der Waals surface area contributed by atoms with Gasteiger partial charge in [-0.05, 0) is 40.6 Å². The van der Waals surface area contributed by atoms with Gasteiger partial charge in [-0.2, -0.15) is 5.26 Å². The van der Waals surface area contributed by atoms with Crippen molar-refractivity contribution in [3.63, 3.8) is 0 Å². The minimum absolute atomic E-state index is 0.462. The zero-order valence-corrected chi connectivity index (χ0v) is 12.1. The van der Waals surface area contributed by atoms with Gasteiger partial charge < -0.3 is 0 Å². The van der Waals surface area contributed by atoms with E-state index in [4.69, 9.17) is 5.26 Å². The second-order valence-electron chi connectivity index (χ2n) is 4.81. The highest BCUT2D eigenvalue weighted by Crippen LogP contribution is 2.20. The highest BCUT2D eigenvalue weighted by atomic mass is 32.2. The Morgan fingerprint density at radius 3 is 2.33 bits per heavy atom. The number of nitrogens with zero attached hydrogens (tertiary/aromatic N) is 1. The molecule has 1 unspecified atom stereocenters. The van der Waals surface area contributed by atoms with Crippen molar-refractivity contribution in [1.29, 1.82) is 5.26 Å². The average molecular weight is 291 g/mol. The second kappa shape index (κ2) is 5.90. The van der Waals surface area contributed by atoms with Gasteiger partial charge in [0.25, 0.3) is 0 Å². The number of benzene rings is 3. The molecule has 3 aromatic carbocycles. The van der Waals surface area contributed by atoms with E-state index in [-0.39, 0.29) is 0 Å². The van der Waals surface area contributed by atoms with Gasteiger partial charge in [0.15, 0.2) is 0 Å². The SMILES string of the molecule is N#Cc1ccc(CS(=O)c2ccc3ccccc3c2)cc1. The first-order chi connectivity index (χ1) is 10.3. The Hall–Kier alpha value is -2.44. The molecule has 0 aliphatic heterocycles. The lowest BCUT2D eigenvalue weighted by molar-refractivity contribution is 0.682. The zero-order chi connectivity index (χ0) is 14.7. The molecule has 0 spiro atoms. The van der Waals surface area contributed by atoms with Crippen LogP contribution in [0.4, 0.5) is 0 Å². The maximum absolute atomic E-state index is 12.5. The number of hydrogen-bond acceptors (Lipinski definition) is 2. The quantitative estimate of drug-likeness (QED) is 0.731. The molecule has 0 saturated carbocycles. The van der Waals surface area contributed by atoms with Gasteiger partial charge in [-0.15, -0.1) is 0 Å². The molecule has 2 nitrogen and oxygen atoms in total. The van der Waals surface area contributed by atoms with Gasteiger partial charge in [-0.1, -0.05) is 42.5 Å². The Balaban J connectivity index is 1.84. The number of rotatable bonds is 3. The molecule has 3 heteroatoms. The van der Waals surface area contributed by atoms with E-state index in [1.807, 2.05) is 54.6 Å². The van der Waals surface area contributed by atoms with Gasteiger partial charge in [-0.25, -0.2) is 0 Å². The Bertz CT molecular complexity index is 847. The van der Waals surface area contributed by atoms with Crippen LogP contribution in [0.25, 0.3) is 10.8 Å². The first kappa shape index (κ1) is 13.5. The van der Waals surface area contributed by atoms with Gasteiger partial charge in [0, 0.05) is 4.90 Å². The fourth-order valence-electron chi connectivity index (χ4n) is 2.22. The molecule has 0 aromatic heterocycles. The largest absolute Gasteiger partial charge is 0.254 e. The zero-order valence-electron chi connectivity index (χ0n) is 11.3. The van der Waals surface area contributed by atoms with Crippen LogP contribution in [0.1, 0.15) is 11.1 Å². The summed E-state index contributed by atoms with van der Waals surface area (Å²) in [6, 6.07) is 23.3. The van der Waals surface area contributed by atoms with Gasteiger partial charge in [0.1, 0.15) is 0 Å². The third-order valence-corrected chi connectivity index (χ3v) is 4.74. The molecule has 21 heavy (non-hydrogen) atoms. The van der Waals surface area contributed by atoms with E-state index < -0.39 is 10.8 Å². The fraction of sp³-hybridized carbons (Fsp3) is 0.0556. The van der Waals surface area contributed by atoms with Crippen LogP contribution in [-0.2, 0) is 16.6 Å². The van der Waals surface area contributed by atoms with Crippen LogP contribution < -0.4 is 0 Å². The minimum Gasteiger partial charge on any atom is -0.254 e. The van der Waals surface area contributed by atoms with Crippen LogP contribution in [-0.4, -0.2) is 4.21 Å². The Morgan fingerprint density at radius 2 is 1.62 bits per heavy atom. The molecular formula is C18H13NOS. The molecule has 0 saturated heterocycles. The molecular weight excluding hydrogens is 278 g/mol. The van der Waals surface area contributed by atoms with E-state index in [0.29, 0.717) is 11.3 Å². The number of nitriles is 1. The highest BCUT2D eigenvalue weighted by Gasteiger charge is 2.06. The molecule has 3 rings (SSSR count). The van der Waals surface area contributed by atoms with Crippen LogP contribution >= 0.6 is 0 Å². The molecule has 1 atom stereocenters. The molecule has 0 aliphatic carbocycles. The standard InChI is InChI=1S/C18H13NOS/c19-12-14-5-7-15(8-6-14)13-21(20)18-10-9-16-3-1-2-4-17(16)11-18/h1-11H,13H2. The summed E-state index contributed by atoms with van der Waals surface area (Å²) >= 11 is 0. The molecule has 3 aromatic rings. The molecule has 0 radical (unpaired) electrons. The van der Waals surface area contributed by atoms with Crippen LogP contribution in [0.3, 0.4) is 0 Å². The maximum atomic E-state index is 12.5. The van der Waals surface area contributed by atoms with E-state index in [0.717, 1.165) is 21.2 Å². The molecule has 0 heterocycles. The maximum Gasteiger partial charge on any atom is 0.0991 e. The van der Waals surface area contributed by atoms with Crippen LogP contribution in [0.15, 0.2) is 71.6 Å². The van der Waals surface area contributed by atoms with Gasteiger partial charge in [0.05, 0.1) is 28.2 Å². The van der Waals surface area contributed by atoms with E-state index in [9.17, 15) is 4.21 Å². The summed E-state index contributed by atoms with van der Waals surface area (Å²) in [6.45, 7) is 0. The van der Waals surface area contributed by atoms with E-state index in [2.05, 4.69) is 6.07 Å². The fourth-order valence-corrected chi connectivity index (χ4v) is 3.36. The Labute approximate surface area is 126 Å². The van der Waals surface area contributed by atoms with Crippen molar-refractivity contribution in [2.75, 3.05) is 0 Å². The summed E-state index contributed by atoms with van der Waals surface area (Å²) in [5.74, 6) is 0.462. The molecule has 0 fully saturated rings. The monoisotopic (exact) mass is 291 g/mol. The first-order valence-electron chi connectivity index (χ1n) is 6.62. The Kier molecular flexibility index (Phi) is 3.81. The van der Waals surface area contributed by atoms with Crippen molar-refractivity contribution in [1.82, 2.24) is 0 Å². The van der Waals surface area contributed by atoms with Crippen molar-refractivity contribution in [3.05, 3.63) is 77.9 Å². The number of hydrogen-bond donors (Lipinski definition) is 0. The van der Waals surface area contributed by atoms with Crippen molar-refractivity contribution in [3.8, 4) is 6.07 Å². The van der Waals surface area contributed by atoms with Crippen molar-refractivity contribution >= 4 is 21.6 Å². The first-order valence-corrected chi connectivity index (χ1v) is 7.94. The lowest BCUT2D eigenvalue weighted by atomic mass is 10.1. The smallest absolute Gasteiger partial charge is 0.0991 e. The van der Waals surface area contributed by atoms with Crippen LogP contribution in [0, 0.1) is 11.3 Å². The Morgan fingerprint density at radius 1 is 0.905 bits per heavy atom. The second-order valence-corrected chi connectivity index (χ2v) is 6.26. The normalized spacial score (nSPS) is 12.0.